The van der Waals surface area contributed by atoms with Crippen LogP contribution >= 0.6 is 11.6 Å². The summed E-state index contributed by atoms with van der Waals surface area (Å²) >= 11 is 5.94. The first-order chi connectivity index (χ1) is 10.2. The molecule has 1 heterocycles. The Morgan fingerprint density at radius 1 is 1.29 bits per heavy atom. The van der Waals surface area contributed by atoms with E-state index in [1.54, 1.807) is 18.2 Å². The molecule has 2 aromatic carbocycles. The summed E-state index contributed by atoms with van der Waals surface area (Å²) in [5.74, 6) is 0.469. The Hall–Kier alpha value is -2.33. The zero-order chi connectivity index (χ0) is 14.8. The topological polar surface area (TPSA) is 55.1 Å². The maximum atomic E-state index is 11.4. The van der Waals surface area contributed by atoms with Gasteiger partial charge in [-0.1, -0.05) is 24.6 Å². The summed E-state index contributed by atoms with van der Waals surface area (Å²) in [6, 6.07) is 12.7. The van der Waals surface area contributed by atoms with Gasteiger partial charge in [-0.15, -0.1) is 0 Å². The summed E-state index contributed by atoms with van der Waals surface area (Å²) in [5, 5.41) is 3.43. The minimum atomic E-state index is -0.0310. The van der Waals surface area contributed by atoms with Crippen molar-refractivity contribution >= 4 is 34.3 Å². The van der Waals surface area contributed by atoms with Gasteiger partial charge in [0.25, 0.3) is 0 Å². The number of halogens is 1. The highest BCUT2D eigenvalue weighted by Gasteiger charge is 2.09. The van der Waals surface area contributed by atoms with Crippen LogP contribution in [0.3, 0.4) is 0 Å². The fourth-order valence-corrected chi connectivity index (χ4v) is 2.17. The molecule has 0 aliphatic rings. The van der Waals surface area contributed by atoms with Gasteiger partial charge < -0.3 is 9.73 Å². The molecule has 5 heteroatoms. The van der Waals surface area contributed by atoms with E-state index in [0.29, 0.717) is 28.4 Å². The molecular formula is C16H13ClN2O2. The standard InChI is InChI=1S/C16H13ClN2O2/c1-2-15(20)18-12-5-3-4-10(8-12)16-19-13-9-11(17)6-7-14(13)21-16/h3-9H,2H2,1H3,(H,18,20). The largest absolute Gasteiger partial charge is 0.436 e. The molecule has 4 nitrogen and oxygen atoms in total. The summed E-state index contributed by atoms with van der Waals surface area (Å²) in [6.45, 7) is 1.81. The lowest BCUT2D eigenvalue weighted by Gasteiger charge is -2.04. The van der Waals surface area contributed by atoms with E-state index < -0.39 is 0 Å². The van der Waals surface area contributed by atoms with Crippen LogP contribution in [0.2, 0.25) is 5.02 Å². The number of oxazole rings is 1. The summed E-state index contributed by atoms with van der Waals surface area (Å²) in [7, 11) is 0. The van der Waals surface area contributed by atoms with Gasteiger partial charge in [0.05, 0.1) is 0 Å². The molecule has 106 valence electrons. The van der Waals surface area contributed by atoms with Crippen LogP contribution in [0.1, 0.15) is 13.3 Å². The molecule has 0 unspecified atom stereocenters. The van der Waals surface area contributed by atoms with E-state index in [9.17, 15) is 4.79 Å². The van der Waals surface area contributed by atoms with Crippen LogP contribution in [-0.2, 0) is 4.79 Å². The first-order valence-corrected chi connectivity index (χ1v) is 7.00. The first kappa shape index (κ1) is 13.6. The lowest BCUT2D eigenvalue weighted by molar-refractivity contribution is -0.115. The fraction of sp³-hybridized carbons (Fsp3) is 0.125. The second-order valence-corrected chi connectivity index (χ2v) is 5.05. The van der Waals surface area contributed by atoms with Gasteiger partial charge in [-0.2, -0.15) is 0 Å². The molecule has 3 rings (SSSR count). The Morgan fingerprint density at radius 3 is 2.95 bits per heavy atom. The Labute approximate surface area is 126 Å². The number of carbonyl (C=O) groups excluding carboxylic acids is 1. The van der Waals surface area contributed by atoms with Crippen LogP contribution in [0.4, 0.5) is 5.69 Å². The van der Waals surface area contributed by atoms with Crippen LogP contribution in [0.15, 0.2) is 46.9 Å². The summed E-state index contributed by atoms with van der Waals surface area (Å²) in [5.41, 5.74) is 2.91. The predicted molar refractivity (Wildman–Crippen MR) is 83.4 cm³/mol. The average Bonchev–Trinajstić information content (AvgIpc) is 2.90. The van der Waals surface area contributed by atoms with Gasteiger partial charge in [-0.25, -0.2) is 4.98 Å². The Kier molecular flexibility index (Phi) is 3.62. The number of hydrogen-bond acceptors (Lipinski definition) is 3. The molecule has 0 aliphatic carbocycles. The molecule has 21 heavy (non-hydrogen) atoms. The second kappa shape index (κ2) is 5.58. The third-order valence-electron chi connectivity index (χ3n) is 3.06. The zero-order valence-electron chi connectivity index (χ0n) is 11.4. The molecule has 0 saturated heterocycles. The van der Waals surface area contributed by atoms with Crippen molar-refractivity contribution in [1.82, 2.24) is 4.98 Å². The quantitative estimate of drug-likeness (QED) is 0.775. The van der Waals surface area contributed by atoms with E-state index >= 15 is 0 Å². The van der Waals surface area contributed by atoms with Crippen molar-refractivity contribution in [3.8, 4) is 11.5 Å². The number of carbonyl (C=O) groups is 1. The first-order valence-electron chi connectivity index (χ1n) is 6.62. The third kappa shape index (κ3) is 2.90. The van der Waals surface area contributed by atoms with Gasteiger partial charge in [-0.3, -0.25) is 4.79 Å². The van der Waals surface area contributed by atoms with E-state index in [-0.39, 0.29) is 5.91 Å². The fourth-order valence-electron chi connectivity index (χ4n) is 2.00. The number of hydrogen-bond donors (Lipinski definition) is 1. The van der Waals surface area contributed by atoms with Crippen LogP contribution in [0.5, 0.6) is 0 Å². The molecule has 0 bridgehead atoms. The summed E-state index contributed by atoms with van der Waals surface area (Å²) in [4.78, 5) is 15.9. The van der Waals surface area contributed by atoms with E-state index in [4.69, 9.17) is 16.0 Å². The van der Waals surface area contributed by atoms with Gasteiger partial charge >= 0.3 is 0 Å². The summed E-state index contributed by atoms with van der Waals surface area (Å²) < 4.78 is 5.71. The lowest BCUT2D eigenvalue weighted by atomic mass is 10.2. The SMILES string of the molecule is CCC(=O)Nc1cccc(-c2nc3cc(Cl)ccc3o2)c1. The van der Waals surface area contributed by atoms with E-state index in [1.807, 2.05) is 31.2 Å². The lowest BCUT2D eigenvalue weighted by Crippen LogP contribution is -2.09. The number of rotatable bonds is 3. The molecule has 3 aromatic rings. The molecule has 0 spiro atoms. The highest BCUT2D eigenvalue weighted by molar-refractivity contribution is 6.31. The van der Waals surface area contributed by atoms with Crippen molar-refractivity contribution in [2.75, 3.05) is 5.32 Å². The van der Waals surface area contributed by atoms with Crippen molar-refractivity contribution in [2.45, 2.75) is 13.3 Å². The van der Waals surface area contributed by atoms with Crippen molar-refractivity contribution in [3.05, 3.63) is 47.5 Å². The minimum absolute atomic E-state index is 0.0310. The number of aromatic nitrogens is 1. The van der Waals surface area contributed by atoms with Crippen molar-refractivity contribution in [1.29, 1.82) is 0 Å². The molecule has 1 N–H and O–H groups in total. The van der Waals surface area contributed by atoms with E-state index in [0.717, 1.165) is 11.3 Å². The zero-order valence-corrected chi connectivity index (χ0v) is 12.1. The number of nitrogens with zero attached hydrogens (tertiary/aromatic N) is 1. The van der Waals surface area contributed by atoms with Gasteiger partial charge in [0, 0.05) is 22.7 Å². The third-order valence-corrected chi connectivity index (χ3v) is 3.30. The van der Waals surface area contributed by atoms with E-state index in [1.165, 1.54) is 0 Å². The van der Waals surface area contributed by atoms with Crippen molar-refractivity contribution in [2.24, 2.45) is 0 Å². The van der Waals surface area contributed by atoms with Gasteiger partial charge in [-0.05, 0) is 36.4 Å². The molecule has 0 radical (unpaired) electrons. The Morgan fingerprint density at radius 2 is 2.14 bits per heavy atom. The van der Waals surface area contributed by atoms with E-state index in [2.05, 4.69) is 10.3 Å². The van der Waals surface area contributed by atoms with Gasteiger partial charge in [0.2, 0.25) is 11.8 Å². The second-order valence-electron chi connectivity index (χ2n) is 4.61. The van der Waals surface area contributed by atoms with Gasteiger partial charge in [0.15, 0.2) is 5.58 Å². The highest BCUT2D eigenvalue weighted by Crippen LogP contribution is 2.27. The van der Waals surface area contributed by atoms with Crippen LogP contribution in [0.25, 0.3) is 22.6 Å². The Bertz CT molecular complexity index is 811. The summed E-state index contributed by atoms with van der Waals surface area (Å²) in [6.07, 6.45) is 0.436. The molecule has 0 fully saturated rings. The highest BCUT2D eigenvalue weighted by atomic mass is 35.5. The van der Waals surface area contributed by atoms with Crippen molar-refractivity contribution in [3.63, 3.8) is 0 Å². The Balaban J connectivity index is 1.98. The normalized spacial score (nSPS) is 10.8. The van der Waals surface area contributed by atoms with Crippen LogP contribution in [-0.4, -0.2) is 10.9 Å². The number of fused-ring (bicyclic) bond motifs is 1. The number of benzene rings is 2. The molecule has 0 saturated carbocycles. The smallest absolute Gasteiger partial charge is 0.227 e. The maximum Gasteiger partial charge on any atom is 0.227 e. The van der Waals surface area contributed by atoms with Gasteiger partial charge in [0.1, 0.15) is 5.52 Å². The monoisotopic (exact) mass is 300 g/mol. The molecular weight excluding hydrogens is 288 g/mol. The molecule has 1 aromatic heterocycles. The average molecular weight is 301 g/mol. The maximum absolute atomic E-state index is 11.4. The number of nitrogens with one attached hydrogen (secondary N) is 1. The number of amides is 1. The molecule has 0 atom stereocenters. The molecule has 0 aliphatic heterocycles. The minimum Gasteiger partial charge on any atom is -0.436 e. The van der Waals surface area contributed by atoms with Crippen LogP contribution < -0.4 is 5.32 Å². The number of anilines is 1. The molecule has 1 amide bonds. The predicted octanol–water partition coefficient (Wildman–Crippen LogP) is 4.50. The van der Waals surface area contributed by atoms with Crippen molar-refractivity contribution < 1.29 is 9.21 Å². The van der Waals surface area contributed by atoms with Crippen LogP contribution in [0, 0.1) is 0 Å².